The van der Waals surface area contributed by atoms with Gasteiger partial charge in [0.05, 0.1) is 12.7 Å². The van der Waals surface area contributed by atoms with E-state index in [1.807, 2.05) is 0 Å². The van der Waals surface area contributed by atoms with E-state index in [-0.39, 0.29) is 6.61 Å². The Bertz CT molecular complexity index is 131. The average molecular weight is 205 g/mol. The largest absolute Gasteiger partial charge is 0.394 e. The van der Waals surface area contributed by atoms with E-state index in [2.05, 4.69) is 5.32 Å². The molecule has 1 atom stereocenters. The van der Waals surface area contributed by atoms with Crippen LogP contribution in [0.15, 0.2) is 0 Å². The second-order valence-electron chi connectivity index (χ2n) is 3.49. The van der Waals surface area contributed by atoms with E-state index in [1.165, 1.54) is 12.8 Å². The second-order valence-corrected chi connectivity index (χ2v) is 4.64. The molecule has 3 N–H and O–H groups in total. The highest BCUT2D eigenvalue weighted by atomic mass is 32.2. The van der Waals surface area contributed by atoms with E-state index in [4.69, 9.17) is 10.2 Å². The maximum atomic E-state index is 9.03. The van der Waals surface area contributed by atoms with Gasteiger partial charge in [0.2, 0.25) is 0 Å². The third kappa shape index (κ3) is 6.32. The number of aliphatic hydroxyl groups is 2. The Morgan fingerprint density at radius 3 is 2.85 bits per heavy atom. The van der Waals surface area contributed by atoms with Crippen LogP contribution in [-0.2, 0) is 0 Å². The van der Waals surface area contributed by atoms with E-state index in [0.717, 1.165) is 24.8 Å². The van der Waals surface area contributed by atoms with Gasteiger partial charge >= 0.3 is 0 Å². The van der Waals surface area contributed by atoms with Crippen LogP contribution in [0.2, 0.25) is 0 Å². The topological polar surface area (TPSA) is 52.5 Å². The molecule has 78 valence electrons. The predicted octanol–water partition coefficient (Wildman–Crippen LogP) is 0.215. The van der Waals surface area contributed by atoms with Gasteiger partial charge < -0.3 is 15.5 Å². The molecule has 0 aromatic rings. The highest BCUT2D eigenvalue weighted by molar-refractivity contribution is 7.99. The van der Waals surface area contributed by atoms with E-state index in [9.17, 15) is 0 Å². The third-order valence-corrected chi connectivity index (χ3v) is 3.19. The number of aliphatic hydroxyl groups excluding tert-OH is 2. The van der Waals surface area contributed by atoms with Gasteiger partial charge in [0, 0.05) is 11.8 Å². The fraction of sp³-hybridized carbons (Fsp3) is 1.00. The van der Waals surface area contributed by atoms with Gasteiger partial charge in [-0.3, -0.25) is 0 Å². The van der Waals surface area contributed by atoms with Gasteiger partial charge in [0.1, 0.15) is 0 Å². The first-order valence-corrected chi connectivity index (χ1v) is 6.08. The van der Waals surface area contributed by atoms with Crippen molar-refractivity contribution >= 4 is 11.8 Å². The minimum absolute atomic E-state index is 0.118. The predicted molar refractivity (Wildman–Crippen MR) is 56.1 cm³/mol. The molecular formula is C9H19NO2S. The van der Waals surface area contributed by atoms with Crippen LogP contribution in [0.3, 0.4) is 0 Å². The normalized spacial score (nSPS) is 18.9. The van der Waals surface area contributed by atoms with Crippen LogP contribution >= 0.6 is 11.8 Å². The number of hydrogen-bond acceptors (Lipinski definition) is 4. The molecule has 13 heavy (non-hydrogen) atoms. The molecule has 1 rings (SSSR count). The molecule has 0 saturated heterocycles. The van der Waals surface area contributed by atoms with Gasteiger partial charge in [-0.1, -0.05) is 0 Å². The summed E-state index contributed by atoms with van der Waals surface area (Å²) in [6, 6.07) is 0.799. The van der Waals surface area contributed by atoms with Gasteiger partial charge in [-0.15, -0.1) is 0 Å². The maximum Gasteiger partial charge on any atom is 0.0861 e. The summed E-state index contributed by atoms with van der Waals surface area (Å²) in [5.41, 5.74) is 0. The van der Waals surface area contributed by atoms with Crippen molar-refractivity contribution in [2.75, 3.05) is 24.7 Å². The fourth-order valence-corrected chi connectivity index (χ4v) is 1.93. The van der Waals surface area contributed by atoms with Crippen LogP contribution < -0.4 is 5.32 Å². The Morgan fingerprint density at radius 2 is 2.23 bits per heavy atom. The number of nitrogens with one attached hydrogen (secondary N) is 1. The molecule has 1 unspecified atom stereocenters. The number of rotatable bonds is 8. The van der Waals surface area contributed by atoms with E-state index >= 15 is 0 Å². The zero-order chi connectivity index (χ0) is 9.52. The molecule has 1 aliphatic rings. The van der Waals surface area contributed by atoms with Gasteiger partial charge in [-0.05, 0) is 31.6 Å². The summed E-state index contributed by atoms with van der Waals surface area (Å²) in [7, 11) is 0. The van der Waals surface area contributed by atoms with Crippen molar-refractivity contribution in [2.24, 2.45) is 0 Å². The molecule has 4 heteroatoms. The molecule has 1 saturated carbocycles. The van der Waals surface area contributed by atoms with Gasteiger partial charge in [0.25, 0.3) is 0 Å². The highest BCUT2D eigenvalue weighted by Crippen LogP contribution is 2.18. The lowest BCUT2D eigenvalue weighted by atomic mass is 10.4. The SMILES string of the molecule is OCC(O)CSCCCNC1CC1. The molecule has 0 aliphatic heterocycles. The van der Waals surface area contributed by atoms with Gasteiger partial charge in [0.15, 0.2) is 0 Å². The first-order valence-electron chi connectivity index (χ1n) is 4.93. The zero-order valence-electron chi connectivity index (χ0n) is 7.91. The summed E-state index contributed by atoms with van der Waals surface area (Å²) in [6.07, 6.45) is 3.30. The minimum atomic E-state index is -0.540. The Hall–Kier alpha value is 0.230. The van der Waals surface area contributed by atoms with Crippen molar-refractivity contribution in [3.63, 3.8) is 0 Å². The summed E-state index contributed by atoms with van der Waals surface area (Å²) in [5, 5.41) is 21.0. The lowest BCUT2D eigenvalue weighted by Crippen LogP contribution is -2.19. The smallest absolute Gasteiger partial charge is 0.0861 e. The molecule has 0 bridgehead atoms. The molecular weight excluding hydrogens is 186 g/mol. The van der Waals surface area contributed by atoms with E-state index in [1.54, 1.807) is 11.8 Å². The van der Waals surface area contributed by atoms with Gasteiger partial charge in [-0.25, -0.2) is 0 Å². The van der Waals surface area contributed by atoms with E-state index in [0.29, 0.717) is 5.75 Å². The van der Waals surface area contributed by atoms with Crippen LogP contribution in [0.4, 0.5) is 0 Å². The number of thioether (sulfide) groups is 1. The second kappa shape index (κ2) is 6.65. The van der Waals surface area contributed by atoms with Crippen molar-refractivity contribution in [1.82, 2.24) is 5.32 Å². The monoisotopic (exact) mass is 205 g/mol. The Labute approximate surface area is 83.9 Å². The van der Waals surface area contributed by atoms with Crippen LogP contribution in [0.5, 0.6) is 0 Å². The summed E-state index contributed by atoms with van der Waals surface area (Å²) < 4.78 is 0. The summed E-state index contributed by atoms with van der Waals surface area (Å²) in [4.78, 5) is 0. The molecule has 0 radical (unpaired) electrons. The standard InChI is InChI=1S/C9H19NO2S/c11-6-9(12)7-13-5-1-4-10-8-2-3-8/h8-12H,1-7H2. The van der Waals surface area contributed by atoms with Crippen molar-refractivity contribution in [2.45, 2.75) is 31.4 Å². The van der Waals surface area contributed by atoms with Crippen LogP contribution in [0.25, 0.3) is 0 Å². The quantitative estimate of drug-likeness (QED) is 0.496. The molecule has 1 fully saturated rings. The third-order valence-electron chi connectivity index (χ3n) is 2.00. The maximum absolute atomic E-state index is 9.03. The van der Waals surface area contributed by atoms with Crippen molar-refractivity contribution in [3.8, 4) is 0 Å². The van der Waals surface area contributed by atoms with Crippen molar-refractivity contribution < 1.29 is 10.2 Å². The Kier molecular flexibility index (Phi) is 5.78. The highest BCUT2D eigenvalue weighted by Gasteiger charge is 2.19. The van der Waals surface area contributed by atoms with Crippen LogP contribution in [0.1, 0.15) is 19.3 Å². The molecule has 0 amide bonds. The summed E-state index contributed by atoms with van der Waals surface area (Å²) >= 11 is 1.71. The molecule has 0 spiro atoms. The lowest BCUT2D eigenvalue weighted by molar-refractivity contribution is 0.113. The summed E-state index contributed by atoms with van der Waals surface area (Å²) in [5.74, 6) is 1.72. The molecule has 3 nitrogen and oxygen atoms in total. The Balaban J connectivity index is 1.72. The first kappa shape index (κ1) is 11.3. The average Bonchev–Trinajstić information content (AvgIpc) is 2.94. The molecule has 1 aliphatic carbocycles. The summed E-state index contributed by atoms with van der Waals surface area (Å²) in [6.45, 7) is 0.972. The van der Waals surface area contributed by atoms with Crippen LogP contribution in [-0.4, -0.2) is 47.0 Å². The lowest BCUT2D eigenvalue weighted by Gasteiger charge is -2.06. The molecule has 0 heterocycles. The minimum Gasteiger partial charge on any atom is -0.394 e. The fourth-order valence-electron chi connectivity index (χ4n) is 1.04. The van der Waals surface area contributed by atoms with E-state index < -0.39 is 6.10 Å². The number of hydrogen-bond donors (Lipinski definition) is 3. The van der Waals surface area contributed by atoms with Crippen molar-refractivity contribution in [1.29, 1.82) is 0 Å². The molecule has 0 aromatic carbocycles. The van der Waals surface area contributed by atoms with Crippen molar-refractivity contribution in [3.05, 3.63) is 0 Å². The first-order chi connectivity index (χ1) is 6.33. The zero-order valence-corrected chi connectivity index (χ0v) is 8.72. The van der Waals surface area contributed by atoms with Gasteiger partial charge in [-0.2, -0.15) is 11.8 Å². The Morgan fingerprint density at radius 1 is 1.46 bits per heavy atom. The molecule has 0 aromatic heterocycles. The van der Waals surface area contributed by atoms with Crippen LogP contribution in [0, 0.1) is 0 Å².